The molecule has 0 aliphatic carbocycles. The third-order valence-corrected chi connectivity index (χ3v) is 5.24. The van der Waals surface area contributed by atoms with Crippen molar-refractivity contribution in [2.45, 2.75) is 12.7 Å². The Morgan fingerprint density at radius 2 is 1.77 bits per heavy atom. The monoisotopic (exact) mass is 378 g/mol. The van der Waals surface area contributed by atoms with E-state index >= 15 is 0 Å². The lowest BCUT2D eigenvalue weighted by atomic mass is 10.1. The number of aromatic amines is 1. The van der Waals surface area contributed by atoms with Crippen LogP contribution in [-0.4, -0.2) is 34.1 Å². The van der Waals surface area contributed by atoms with Crippen molar-refractivity contribution in [1.82, 2.24) is 19.1 Å². The van der Waals surface area contributed by atoms with E-state index < -0.39 is 21.4 Å². The average molecular weight is 378 g/mol. The van der Waals surface area contributed by atoms with Crippen LogP contribution >= 0.6 is 0 Å². The van der Waals surface area contributed by atoms with Crippen LogP contribution in [0.1, 0.15) is 12.5 Å². The molecular formula is C16H18N4O5S. The van der Waals surface area contributed by atoms with Gasteiger partial charge >= 0.3 is 5.69 Å². The molecule has 0 radical (unpaired) electrons. The first-order chi connectivity index (χ1) is 12.2. The number of aryl methyl sites for hydroxylation is 1. The Kier molecular flexibility index (Phi) is 4.55. The molecule has 0 unspecified atom stereocenters. The molecule has 3 rings (SSSR count). The molecule has 2 aromatic heterocycles. The van der Waals surface area contributed by atoms with Crippen LogP contribution in [0.3, 0.4) is 0 Å². The van der Waals surface area contributed by atoms with E-state index in [1.54, 1.807) is 31.2 Å². The Morgan fingerprint density at radius 3 is 2.38 bits per heavy atom. The van der Waals surface area contributed by atoms with Gasteiger partial charge in [-0.2, -0.15) is 8.42 Å². The zero-order valence-electron chi connectivity index (χ0n) is 14.5. The molecule has 1 aromatic carbocycles. The first-order valence-electron chi connectivity index (χ1n) is 7.85. The smallest absolute Gasteiger partial charge is 0.332 e. The molecule has 0 fully saturated rings. The highest BCUT2D eigenvalue weighted by molar-refractivity contribution is 7.85. The Labute approximate surface area is 149 Å². The van der Waals surface area contributed by atoms with Crippen molar-refractivity contribution < 1.29 is 12.6 Å². The van der Waals surface area contributed by atoms with Crippen molar-refractivity contribution in [3.63, 3.8) is 0 Å². The molecular weight excluding hydrogens is 360 g/mol. The van der Waals surface area contributed by atoms with Gasteiger partial charge in [-0.25, -0.2) is 9.78 Å². The molecule has 138 valence electrons. The molecule has 0 saturated heterocycles. The highest BCUT2D eigenvalue weighted by atomic mass is 32.2. The van der Waals surface area contributed by atoms with E-state index in [9.17, 15) is 18.0 Å². The molecule has 3 aromatic rings. The van der Waals surface area contributed by atoms with Crippen LogP contribution in [0.25, 0.3) is 22.6 Å². The zero-order chi connectivity index (χ0) is 19.1. The number of imidazole rings is 1. The lowest BCUT2D eigenvalue weighted by Gasteiger charge is -2.04. The lowest BCUT2D eigenvalue weighted by molar-refractivity contribution is 0.337. The van der Waals surface area contributed by atoms with Crippen molar-refractivity contribution in [2.24, 2.45) is 14.1 Å². The fraction of sp³-hybridized carbons (Fsp3) is 0.312. The van der Waals surface area contributed by atoms with Gasteiger partial charge in [-0.05, 0) is 12.5 Å². The maximum atomic E-state index is 12.2. The molecule has 2 heterocycles. The number of H-pyrrole nitrogens is 1. The van der Waals surface area contributed by atoms with Crippen LogP contribution < -0.4 is 11.2 Å². The summed E-state index contributed by atoms with van der Waals surface area (Å²) in [5.74, 6) is 0.188. The molecule has 1 N–H and O–H groups in total. The summed E-state index contributed by atoms with van der Waals surface area (Å²) in [6, 6.07) is 6.68. The third kappa shape index (κ3) is 3.20. The number of fused-ring (bicyclic) bond motifs is 1. The summed E-state index contributed by atoms with van der Waals surface area (Å²) in [6.07, 6.45) is 0. The molecule has 0 amide bonds. The fourth-order valence-electron chi connectivity index (χ4n) is 2.65. The summed E-state index contributed by atoms with van der Waals surface area (Å²) >= 11 is 0. The number of rotatable bonds is 5. The Balaban J connectivity index is 2.00. The average Bonchev–Trinajstić information content (AvgIpc) is 3.04. The predicted molar refractivity (Wildman–Crippen MR) is 96.3 cm³/mol. The Hall–Kier alpha value is -2.72. The Morgan fingerprint density at radius 1 is 1.12 bits per heavy atom. The zero-order valence-corrected chi connectivity index (χ0v) is 15.3. The highest BCUT2D eigenvalue weighted by Crippen LogP contribution is 2.19. The molecule has 0 aliphatic heterocycles. The van der Waals surface area contributed by atoms with Crippen molar-refractivity contribution in [1.29, 1.82) is 0 Å². The first-order valence-corrected chi connectivity index (χ1v) is 9.43. The minimum atomic E-state index is -3.61. The van der Waals surface area contributed by atoms with E-state index in [1.807, 2.05) is 0 Å². The summed E-state index contributed by atoms with van der Waals surface area (Å²) in [7, 11) is -0.670. The van der Waals surface area contributed by atoms with Crippen LogP contribution in [0.2, 0.25) is 0 Å². The van der Waals surface area contributed by atoms with Gasteiger partial charge in [0.1, 0.15) is 17.1 Å². The van der Waals surface area contributed by atoms with Gasteiger partial charge in [0.15, 0.2) is 5.65 Å². The van der Waals surface area contributed by atoms with E-state index in [4.69, 9.17) is 4.18 Å². The van der Waals surface area contributed by atoms with E-state index in [-0.39, 0.29) is 23.5 Å². The molecule has 0 aliphatic rings. The minimum absolute atomic E-state index is 0.0904. The minimum Gasteiger partial charge on any atom is -0.332 e. The van der Waals surface area contributed by atoms with E-state index in [0.717, 1.165) is 4.57 Å². The van der Waals surface area contributed by atoms with E-state index in [0.29, 0.717) is 17.0 Å². The van der Waals surface area contributed by atoms with E-state index in [2.05, 4.69) is 9.97 Å². The second-order valence-electron chi connectivity index (χ2n) is 5.80. The standard InChI is InChI=1S/C16H18N4O5S/c1-4-25-26(23,24)9-10-5-7-11(8-6-10)13-17-12-14(18-13)19(2)16(22)20(3)15(12)21/h5-8H,4,9H2,1-3H3,(H,17,18). The van der Waals surface area contributed by atoms with Crippen molar-refractivity contribution >= 4 is 21.3 Å². The number of hydrogen-bond donors (Lipinski definition) is 1. The quantitative estimate of drug-likeness (QED) is 0.646. The Bertz CT molecular complexity index is 1190. The van der Waals surface area contributed by atoms with Crippen molar-refractivity contribution in [3.8, 4) is 11.4 Å². The molecule has 26 heavy (non-hydrogen) atoms. The topological polar surface area (TPSA) is 116 Å². The van der Waals surface area contributed by atoms with Crippen LogP contribution in [-0.2, 0) is 34.1 Å². The van der Waals surface area contributed by atoms with Crippen LogP contribution in [0.15, 0.2) is 33.9 Å². The van der Waals surface area contributed by atoms with Gasteiger partial charge < -0.3 is 4.98 Å². The normalized spacial score (nSPS) is 12.0. The second kappa shape index (κ2) is 6.54. The van der Waals surface area contributed by atoms with Gasteiger partial charge in [0, 0.05) is 19.7 Å². The van der Waals surface area contributed by atoms with Gasteiger partial charge in [-0.1, -0.05) is 24.3 Å². The summed E-state index contributed by atoms with van der Waals surface area (Å²) in [4.78, 5) is 31.5. The number of hydrogen-bond acceptors (Lipinski definition) is 6. The second-order valence-corrected chi connectivity index (χ2v) is 7.43. The molecule has 0 atom stereocenters. The number of nitrogens with one attached hydrogen (secondary N) is 1. The number of aromatic nitrogens is 4. The molecule has 10 heteroatoms. The first kappa shape index (κ1) is 18.1. The van der Waals surface area contributed by atoms with Gasteiger partial charge in [0.05, 0.1) is 6.61 Å². The van der Waals surface area contributed by atoms with Crippen molar-refractivity contribution in [3.05, 3.63) is 50.7 Å². The molecule has 0 spiro atoms. The van der Waals surface area contributed by atoms with Crippen LogP contribution in [0, 0.1) is 0 Å². The summed E-state index contributed by atoms with van der Waals surface area (Å²) in [6.45, 7) is 1.70. The van der Waals surface area contributed by atoms with Gasteiger partial charge in [-0.15, -0.1) is 0 Å². The molecule has 9 nitrogen and oxygen atoms in total. The maximum Gasteiger partial charge on any atom is 0.332 e. The van der Waals surface area contributed by atoms with Gasteiger partial charge in [-0.3, -0.25) is 18.1 Å². The maximum absolute atomic E-state index is 12.2. The van der Waals surface area contributed by atoms with Gasteiger partial charge in [0.2, 0.25) is 0 Å². The largest absolute Gasteiger partial charge is 0.332 e. The molecule has 0 saturated carbocycles. The predicted octanol–water partition coefficient (Wildman–Crippen LogP) is 0.494. The summed E-state index contributed by atoms with van der Waals surface area (Å²) < 4.78 is 30.4. The van der Waals surface area contributed by atoms with Crippen LogP contribution in [0.5, 0.6) is 0 Å². The fourth-order valence-corrected chi connectivity index (χ4v) is 3.69. The van der Waals surface area contributed by atoms with Crippen LogP contribution in [0.4, 0.5) is 0 Å². The number of nitrogens with zero attached hydrogens (tertiary/aromatic N) is 3. The van der Waals surface area contributed by atoms with Gasteiger partial charge in [0.25, 0.3) is 15.7 Å². The SMILES string of the molecule is CCOS(=O)(=O)Cc1ccc(-c2nc3c([nH]2)c(=O)n(C)c(=O)n3C)cc1. The third-order valence-electron chi connectivity index (χ3n) is 3.96. The highest BCUT2D eigenvalue weighted by Gasteiger charge is 2.15. The lowest BCUT2D eigenvalue weighted by Crippen LogP contribution is -2.36. The molecule has 0 bridgehead atoms. The number of benzene rings is 1. The van der Waals surface area contributed by atoms with E-state index in [1.165, 1.54) is 18.7 Å². The van der Waals surface area contributed by atoms with Crippen molar-refractivity contribution in [2.75, 3.05) is 6.61 Å². The summed E-state index contributed by atoms with van der Waals surface area (Å²) in [5, 5.41) is 0. The summed E-state index contributed by atoms with van der Waals surface area (Å²) in [5.41, 5.74) is 0.803.